The Labute approximate surface area is 86.7 Å². The van der Waals surface area contributed by atoms with Crippen molar-refractivity contribution in [1.82, 2.24) is 0 Å². The van der Waals surface area contributed by atoms with Crippen LogP contribution in [0.4, 0.5) is 3.89 Å². The Hall–Kier alpha value is -0.810. The van der Waals surface area contributed by atoms with E-state index in [1.165, 1.54) is 26.2 Å². The second-order valence-corrected chi connectivity index (χ2v) is 4.38. The van der Waals surface area contributed by atoms with Gasteiger partial charge in [-0.05, 0) is 18.6 Å². The van der Waals surface area contributed by atoms with Gasteiger partial charge in [0, 0.05) is 6.07 Å². The van der Waals surface area contributed by atoms with Gasteiger partial charge in [-0.25, -0.2) is 0 Å². The molecule has 0 bridgehead atoms. The molecule has 0 saturated heterocycles. The standard InChI is InChI=1S/C8H8ClFO3S/c1-5-3-6(13-2)4-7(9)8(5)14(10,11)12/h3-4H,1-2H3. The van der Waals surface area contributed by atoms with Crippen molar-refractivity contribution < 1.29 is 17.0 Å². The van der Waals surface area contributed by atoms with Crippen LogP contribution in [0.3, 0.4) is 0 Å². The Morgan fingerprint density at radius 2 is 2.00 bits per heavy atom. The lowest BCUT2D eigenvalue weighted by molar-refractivity contribution is 0.414. The Morgan fingerprint density at radius 1 is 1.43 bits per heavy atom. The molecule has 0 N–H and O–H groups in total. The van der Waals surface area contributed by atoms with Gasteiger partial charge in [0.1, 0.15) is 10.6 Å². The molecule has 0 aromatic heterocycles. The van der Waals surface area contributed by atoms with Gasteiger partial charge in [0.2, 0.25) is 0 Å². The van der Waals surface area contributed by atoms with Crippen LogP contribution in [-0.2, 0) is 10.2 Å². The van der Waals surface area contributed by atoms with Gasteiger partial charge in [-0.15, -0.1) is 3.89 Å². The van der Waals surface area contributed by atoms with Crippen molar-refractivity contribution in [3.8, 4) is 5.75 Å². The molecule has 78 valence electrons. The molecule has 0 saturated carbocycles. The molecular weight excluding hydrogens is 231 g/mol. The summed E-state index contributed by atoms with van der Waals surface area (Å²) in [6.07, 6.45) is 0. The highest BCUT2D eigenvalue weighted by Crippen LogP contribution is 2.30. The van der Waals surface area contributed by atoms with E-state index in [4.69, 9.17) is 16.3 Å². The number of rotatable bonds is 2. The fourth-order valence-electron chi connectivity index (χ4n) is 1.13. The first-order valence-corrected chi connectivity index (χ1v) is 5.41. The molecule has 0 amide bonds. The van der Waals surface area contributed by atoms with Gasteiger partial charge in [0.05, 0.1) is 12.1 Å². The van der Waals surface area contributed by atoms with Crippen LogP contribution in [0.15, 0.2) is 17.0 Å². The van der Waals surface area contributed by atoms with E-state index in [9.17, 15) is 12.3 Å². The topological polar surface area (TPSA) is 43.4 Å². The summed E-state index contributed by atoms with van der Waals surface area (Å²) in [7, 11) is -3.37. The second-order valence-electron chi connectivity index (χ2n) is 2.69. The number of halogens is 2. The predicted molar refractivity (Wildman–Crippen MR) is 51.0 cm³/mol. The molecule has 1 aromatic rings. The Balaban J connectivity index is 3.48. The number of methoxy groups -OCH3 is 1. The summed E-state index contributed by atoms with van der Waals surface area (Å²) in [6.45, 7) is 1.45. The van der Waals surface area contributed by atoms with Gasteiger partial charge in [-0.2, -0.15) is 8.42 Å². The van der Waals surface area contributed by atoms with Crippen LogP contribution in [0, 0.1) is 6.92 Å². The lowest BCUT2D eigenvalue weighted by Crippen LogP contribution is -1.98. The normalized spacial score (nSPS) is 11.4. The summed E-state index contributed by atoms with van der Waals surface area (Å²) in [5.74, 6) is 0.389. The van der Waals surface area contributed by atoms with Crippen molar-refractivity contribution in [1.29, 1.82) is 0 Å². The highest BCUT2D eigenvalue weighted by Gasteiger charge is 2.20. The summed E-state index contributed by atoms with van der Waals surface area (Å²) in [5, 5.41) is -0.177. The Morgan fingerprint density at radius 3 is 2.36 bits per heavy atom. The van der Waals surface area contributed by atoms with E-state index >= 15 is 0 Å². The molecule has 14 heavy (non-hydrogen) atoms. The fraction of sp³-hybridized carbons (Fsp3) is 0.250. The molecule has 0 aliphatic rings. The summed E-state index contributed by atoms with van der Waals surface area (Å²) in [6, 6.07) is 2.65. The zero-order chi connectivity index (χ0) is 10.9. The molecule has 0 heterocycles. The summed E-state index contributed by atoms with van der Waals surface area (Å²) >= 11 is 5.60. The molecule has 0 aliphatic carbocycles. The molecule has 6 heteroatoms. The maximum Gasteiger partial charge on any atom is 0.333 e. The molecule has 0 radical (unpaired) electrons. The van der Waals surface area contributed by atoms with Crippen LogP contribution in [0.1, 0.15) is 5.56 Å². The van der Waals surface area contributed by atoms with Crippen LogP contribution >= 0.6 is 11.6 Å². The summed E-state index contributed by atoms with van der Waals surface area (Å²) < 4.78 is 38.9. The average Bonchev–Trinajstić information content (AvgIpc) is 1.99. The van der Waals surface area contributed by atoms with Crippen LogP contribution in [-0.4, -0.2) is 15.5 Å². The average molecular weight is 239 g/mol. The fourth-order valence-corrected chi connectivity index (χ4v) is 2.39. The van der Waals surface area contributed by atoms with Gasteiger partial charge in [0.15, 0.2) is 0 Å². The first kappa shape index (κ1) is 11.3. The van der Waals surface area contributed by atoms with Crippen molar-refractivity contribution in [3.63, 3.8) is 0 Å². The Bertz CT molecular complexity index is 433. The van der Waals surface area contributed by atoms with Crippen molar-refractivity contribution in [2.45, 2.75) is 11.8 Å². The Kier molecular flexibility index (Phi) is 3.01. The molecular formula is C8H8ClFO3S. The molecule has 1 rings (SSSR count). The van der Waals surface area contributed by atoms with Gasteiger partial charge in [0.25, 0.3) is 0 Å². The van der Waals surface area contributed by atoms with Crippen molar-refractivity contribution >= 4 is 21.8 Å². The molecule has 3 nitrogen and oxygen atoms in total. The van der Waals surface area contributed by atoms with E-state index in [0.29, 0.717) is 5.75 Å². The molecule has 1 aromatic carbocycles. The third kappa shape index (κ3) is 2.16. The maximum atomic E-state index is 12.7. The van der Waals surface area contributed by atoms with Crippen LogP contribution in [0.2, 0.25) is 5.02 Å². The van der Waals surface area contributed by atoms with Gasteiger partial charge in [-0.3, -0.25) is 0 Å². The van der Waals surface area contributed by atoms with E-state index in [1.807, 2.05) is 0 Å². The van der Waals surface area contributed by atoms with Crippen molar-refractivity contribution in [2.75, 3.05) is 7.11 Å². The monoisotopic (exact) mass is 238 g/mol. The number of hydrogen-bond acceptors (Lipinski definition) is 3. The minimum atomic E-state index is -4.78. The van der Waals surface area contributed by atoms with E-state index in [2.05, 4.69) is 0 Å². The minimum absolute atomic E-state index is 0.177. The van der Waals surface area contributed by atoms with Gasteiger partial charge >= 0.3 is 10.2 Å². The van der Waals surface area contributed by atoms with Crippen molar-refractivity contribution in [2.24, 2.45) is 0 Å². The lowest BCUT2D eigenvalue weighted by atomic mass is 10.2. The predicted octanol–water partition coefficient (Wildman–Crippen LogP) is 2.32. The van der Waals surface area contributed by atoms with Crippen LogP contribution in [0.25, 0.3) is 0 Å². The molecule has 0 atom stereocenters. The SMILES string of the molecule is COc1cc(C)c(S(=O)(=O)F)c(Cl)c1. The molecule has 0 aliphatic heterocycles. The van der Waals surface area contributed by atoms with E-state index in [-0.39, 0.29) is 10.6 Å². The lowest BCUT2D eigenvalue weighted by Gasteiger charge is -2.06. The first-order valence-electron chi connectivity index (χ1n) is 3.65. The minimum Gasteiger partial charge on any atom is -0.497 e. The van der Waals surface area contributed by atoms with E-state index < -0.39 is 15.1 Å². The largest absolute Gasteiger partial charge is 0.497 e. The quantitative estimate of drug-likeness (QED) is 0.743. The van der Waals surface area contributed by atoms with E-state index in [1.54, 1.807) is 0 Å². The summed E-state index contributed by atoms with van der Waals surface area (Å²) in [5.41, 5.74) is 0.219. The number of hydrogen-bond donors (Lipinski definition) is 0. The second kappa shape index (κ2) is 3.74. The molecule has 0 spiro atoms. The smallest absolute Gasteiger partial charge is 0.333 e. The highest BCUT2D eigenvalue weighted by atomic mass is 35.5. The van der Waals surface area contributed by atoms with Crippen LogP contribution in [0.5, 0.6) is 5.75 Å². The van der Waals surface area contributed by atoms with Crippen molar-refractivity contribution in [3.05, 3.63) is 22.7 Å². The highest BCUT2D eigenvalue weighted by molar-refractivity contribution is 7.86. The van der Waals surface area contributed by atoms with Gasteiger partial charge < -0.3 is 4.74 Å². The third-order valence-corrected chi connectivity index (χ3v) is 3.12. The summed E-state index contributed by atoms with van der Waals surface area (Å²) in [4.78, 5) is -0.500. The number of ether oxygens (including phenoxy) is 1. The third-order valence-electron chi connectivity index (χ3n) is 1.68. The molecule has 0 fully saturated rings. The first-order chi connectivity index (χ1) is 6.36. The number of benzene rings is 1. The molecule has 0 unspecified atom stereocenters. The van der Waals surface area contributed by atoms with Crippen LogP contribution < -0.4 is 4.74 Å². The maximum absolute atomic E-state index is 12.7. The zero-order valence-electron chi connectivity index (χ0n) is 7.54. The zero-order valence-corrected chi connectivity index (χ0v) is 9.12. The van der Waals surface area contributed by atoms with Gasteiger partial charge in [-0.1, -0.05) is 11.6 Å². The number of aryl methyl sites for hydroxylation is 1. The van der Waals surface area contributed by atoms with E-state index in [0.717, 1.165) is 0 Å².